The third-order valence-corrected chi connectivity index (χ3v) is 5.77. The predicted molar refractivity (Wildman–Crippen MR) is 130 cm³/mol. The number of rotatable bonds is 8. The molecule has 2 N–H and O–H groups in total. The van der Waals surface area contributed by atoms with Crippen molar-refractivity contribution in [1.29, 1.82) is 0 Å². The van der Waals surface area contributed by atoms with Crippen LogP contribution in [-0.4, -0.2) is 56.8 Å². The predicted octanol–water partition coefficient (Wildman–Crippen LogP) is 3.78. The molecule has 3 rings (SSSR count). The summed E-state index contributed by atoms with van der Waals surface area (Å²) < 4.78 is 11.2. The van der Waals surface area contributed by atoms with Crippen LogP contribution in [0.25, 0.3) is 0 Å². The minimum atomic E-state index is 0. The van der Waals surface area contributed by atoms with Crippen molar-refractivity contribution in [2.75, 3.05) is 33.9 Å². The van der Waals surface area contributed by atoms with Crippen molar-refractivity contribution >= 4 is 29.9 Å². The van der Waals surface area contributed by atoms with E-state index in [4.69, 9.17) is 9.47 Å². The van der Waals surface area contributed by atoms with Gasteiger partial charge in [0.05, 0.1) is 13.7 Å². The molecule has 0 spiro atoms. The van der Waals surface area contributed by atoms with Gasteiger partial charge in [0, 0.05) is 38.8 Å². The van der Waals surface area contributed by atoms with Crippen LogP contribution in [0.15, 0.2) is 23.2 Å². The third-order valence-electron chi connectivity index (χ3n) is 5.77. The van der Waals surface area contributed by atoms with Crippen LogP contribution in [0.5, 0.6) is 11.5 Å². The van der Waals surface area contributed by atoms with E-state index in [0.29, 0.717) is 19.2 Å². The fourth-order valence-electron chi connectivity index (χ4n) is 4.23. The zero-order valence-corrected chi connectivity index (χ0v) is 20.4. The standard InChI is InChI=1S/C22H36N4O2.HI/c1-4-13-28-20-10-9-17(14-21(20)27-3)15-24-22(23-2)25-18-11-12-26(16-18)19-7-5-6-8-19;/h9-10,14,18-19H,4-8,11-13,15-16H2,1-3H3,(H2,23,24,25);1H. The highest BCUT2D eigenvalue weighted by molar-refractivity contribution is 14.0. The fourth-order valence-corrected chi connectivity index (χ4v) is 4.23. The summed E-state index contributed by atoms with van der Waals surface area (Å²) in [6.45, 7) is 5.83. The molecule has 1 unspecified atom stereocenters. The van der Waals surface area contributed by atoms with Crippen molar-refractivity contribution in [2.45, 2.75) is 64.1 Å². The molecule has 1 aromatic carbocycles. The first-order valence-corrected chi connectivity index (χ1v) is 10.7. The number of aliphatic imine (C=N–C) groups is 1. The Labute approximate surface area is 192 Å². The molecule has 164 valence electrons. The van der Waals surface area contributed by atoms with E-state index in [1.54, 1.807) is 7.11 Å². The number of ether oxygens (including phenoxy) is 2. The van der Waals surface area contributed by atoms with Crippen LogP contribution in [0.2, 0.25) is 0 Å². The van der Waals surface area contributed by atoms with Crippen molar-refractivity contribution in [1.82, 2.24) is 15.5 Å². The molecule has 1 aliphatic carbocycles. The molecule has 0 amide bonds. The number of hydrogen-bond donors (Lipinski definition) is 2. The lowest BCUT2D eigenvalue weighted by atomic mass is 10.2. The van der Waals surface area contributed by atoms with Crippen LogP contribution in [0, 0.1) is 0 Å². The average Bonchev–Trinajstić information content (AvgIpc) is 3.41. The van der Waals surface area contributed by atoms with Gasteiger partial charge in [-0.1, -0.05) is 25.8 Å². The lowest BCUT2D eigenvalue weighted by Crippen LogP contribution is -2.45. The number of nitrogens with one attached hydrogen (secondary N) is 2. The Balaban J connectivity index is 0.00000300. The topological polar surface area (TPSA) is 58.1 Å². The Hall–Kier alpha value is -1.22. The molecule has 2 fully saturated rings. The van der Waals surface area contributed by atoms with E-state index in [0.717, 1.165) is 42.0 Å². The third kappa shape index (κ3) is 6.91. The van der Waals surface area contributed by atoms with Crippen LogP contribution >= 0.6 is 24.0 Å². The van der Waals surface area contributed by atoms with E-state index >= 15 is 0 Å². The van der Waals surface area contributed by atoms with Crippen molar-refractivity contribution < 1.29 is 9.47 Å². The fraction of sp³-hybridized carbons (Fsp3) is 0.682. The van der Waals surface area contributed by atoms with E-state index < -0.39 is 0 Å². The largest absolute Gasteiger partial charge is 0.493 e. The Bertz CT molecular complexity index is 650. The van der Waals surface area contributed by atoms with E-state index in [1.807, 2.05) is 19.2 Å². The molecule has 0 radical (unpaired) electrons. The molecule has 1 aliphatic heterocycles. The molecule has 0 aromatic heterocycles. The first kappa shape index (κ1) is 24.1. The minimum Gasteiger partial charge on any atom is -0.493 e. The van der Waals surface area contributed by atoms with E-state index in [9.17, 15) is 0 Å². The van der Waals surface area contributed by atoms with Gasteiger partial charge in [0.15, 0.2) is 17.5 Å². The summed E-state index contributed by atoms with van der Waals surface area (Å²) in [7, 11) is 3.52. The molecule has 29 heavy (non-hydrogen) atoms. The Morgan fingerprint density at radius 2 is 2.00 bits per heavy atom. The lowest BCUT2D eigenvalue weighted by molar-refractivity contribution is 0.242. The van der Waals surface area contributed by atoms with E-state index in [1.165, 1.54) is 38.6 Å². The van der Waals surface area contributed by atoms with E-state index in [2.05, 4.69) is 33.5 Å². The molecule has 2 aliphatic rings. The van der Waals surface area contributed by atoms with Crippen LogP contribution in [0.4, 0.5) is 0 Å². The zero-order chi connectivity index (χ0) is 19.8. The number of hydrogen-bond acceptors (Lipinski definition) is 4. The highest BCUT2D eigenvalue weighted by Gasteiger charge is 2.30. The number of methoxy groups -OCH3 is 1. The molecular weight excluding hydrogens is 479 g/mol. The second-order valence-electron chi connectivity index (χ2n) is 7.82. The lowest BCUT2D eigenvalue weighted by Gasteiger charge is -2.24. The van der Waals surface area contributed by atoms with Crippen LogP contribution in [0.1, 0.15) is 51.0 Å². The van der Waals surface area contributed by atoms with Gasteiger partial charge in [-0.2, -0.15) is 0 Å². The first-order valence-electron chi connectivity index (χ1n) is 10.7. The van der Waals surface area contributed by atoms with Gasteiger partial charge in [0.2, 0.25) is 0 Å². The Morgan fingerprint density at radius 1 is 1.21 bits per heavy atom. The van der Waals surface area contributed by atoms with E-state index in [-0.39, 0.29) is 24.0 Å². The number of guanidine groups is 1. The Morgan fingerprint density at radius 3 is 2.69 bits per heavy atom. The summed E-state index contributed by atoms with van der Waals surface area (Å²) in [4.78, 5) is 7.07. The molecule has 0 bridgehead atoms. The van der Waals surface area contributed by atoms with Crippen LogP contribution < -0.4 is 20.1 Å². The van der Waals surface area contributed by atoms with Gasteiger partial charge < -0.3 is 20.1 Å². The number of halogens is 1. The summed E-state index contributed by atoms with van der Waals surface area (Å²) in [6.07, 6.45) is 7.71. The summed E-state index contributed by atoms with van der Waals surface area (Å²) >= 11 is 0. The second kappa shape index (κ2) is 12.5. The van der Waals surface area contributed by atoms with Crippen LogP contribution in [-0.2, 0) is 6.54 Å². The van der Waals surface area contributed by atoms with Crippen molar-refractivity contribution in [3.05, 3.63) is 23.8 Å². The number of likely N-dealkylation sites (tertiary alicyclic amines) is 1. The number of nitrogens with zero attached hydrogens (tertiary/aromatic N) is 2. The molecule has 1 saturated heterocycles. The van der Waals surface area contributed by atoms with Crippen molar-refractivity contribution in [3.8, 4) is 11.5 Å². The average molecular weight is 516 g/mol. The van der Waals surface area contributed by atoms with Gasteiger partial charge in [-0.3, -0.25) is 9.89 Å². The number of benzene rings is 1. The maximum atomic E-state index is 5.73. The second-order valence-corrected chi connectivity index (χ2v) is 7.82. The summed E-state index contributed by atoms with van der Waals surface area (Å²) in [5.41, 5.74) is 1.14. The highest BCUT2D eigenvalue weighted by atomic mass is 127. The first-order chi connectivity index (χ1) is 13.7. The van der Waals surface area contributed by atoms with Gasteiger partial charge in [0.1, 0.15) is 0 Å². The zero-order valence-electron chi connectivity index (χ0n) is 18.1. The molecule has 6 nitrogen and oxygen atoms in total. The van der Waals surface area contributed by atoms with Crippen LogP contribution in [0.3, 0.4) is 0 Å². The summed E-state index contributed by atoms with van der Waals surface area (Å²) in [5.74, 6) is 2.44. The molecular formula is C22H37IN4O2. The maximum absolute atomic E-state index is 5.73. The highest BCUT2D eigenvalue weighted by Crippen LogP contribution is 2.28. The maximum Gasteiger partial charge on any atom is 0.191 e. The minimum absolute atomic E-state index is 0. The van der Waals surface area contributed by atoms with Gasteiger partial charge in [-0.25, -0.2) is 0 Å². The van der Waals surface area contributed by atoms with Gasteiger partial charge in [0.25, 0.3) is 0 Å². The quantitative estimate of drug-likeness (QED) is 0.313. The summed E-state index contributed by atoms with van der Waals surface area (Å²) in [5, 5.41) is 7.03. The molecule has 1 atom stereocenters. The molecule has 1 aromatic rings. The SMILES string of the molecule is CCCOc1ccc(CNC(=NC)NC2CCN(C3CCCC3)C2)cc1OC.I. The molecule has 1 heterocycles. The van der Waals surface area contributed by atoms with Gasteiger partial charge in [-0.15, -0.1) is 24.0 Å². The summed E-state index contributed by atoms with van der Waals surface area (Å²) in [6, 6.07) is 7.38. The van der Waals surface area contributed by atoms with Crippen molar-refractivity contribution in [2.24, 2.45) is 4.99 Å². The Kier molecular flexibility index (Phi) is 10.3. The van der Waals surface area contributed by atoms with Gasteiger partial charge in [-0.05, 0) is 43.4 Å². The monoisotopic (exact) mass is 516 g/mol. The molecule has 1 saturated carbocycles. The van der Waals surface area contributed by atoms with Crippen molar-refractivity contribution in [3.63, 3.8) is 0 Å². The smallest absolute Gasteiger partial charge is 0.191 e. The molecule has 7 heteroatoms. The normalized spacial score (nSPS) is 20.4. The van der Waals surface area contributed by atoms with Gasteiger partial charge >= 0.3 is 0 Å².